The highest BCUT2D eigenvalue weighted by atomic mass is 79.9. The second kappa shape index (κ2) is 4.41. The number of rotatable bonds is 1. The second-order valence-electron chi connectivity index (χ2n) is 4.17. The number of hydrogen-bond acceptors (Lipinski definition) is 1. The first-order chi connectivity index (χ1) is 8.66. The van der Waals surface area contributed by atoms with Crippen molar-refractivity contribution in [1.82, 2.24) is 9.38 Å². The van der Waals surface area contributed by atoms with Crippen LogP contribution in [0.5, 0.6) is 0 Å². The van der Waals surface area contributed by atoms with Gasteiger partial charge in [-0.1, -0.05) is 23.7 Å². The highest BCUT2D eigenvalue weighted by molar-refractivity contribution is 9.10. The van der Waals surface area contributed by atoms with E-state index in [4.69, 9.17) is 11.6 Å². The maximum Gasteiger partial charge on any atom is 0.147 e. The van der Waals surface area contributed by atoms with Crippen molar-refractivity contribution < 1.29 is 0 Å². The number of hydrogen-bond donors (Lipinski definition) is 0. The summed E-state index contributed by atoms with van der Waals surface area (Å²) in [7, 11) is 0. The molecule has 0 amide bonds. The zero-order valence-electron chi connectivity index (χ0n) is 9.69. The van der Waals surface area contributed by atoms with Crippen LogP contribution in [0, 0.1) is 6.92 Å². The Labute approximate surface area is 118 Å². The quantitative estimate of drug-likeness (QED) is 0.633. The van der Waals surface area contributed by atoms with Gasteiger partial charge in [-0.25, -0.2) is 4.98 Å². The third kappa shape index (κ3) is 1.84. The molecule has 2 heterocycles. The maximum absolute atomic E-state index is 6.23. The molecule has 0 spiro atoms. The van der Waals surface area contributed by atoms with Crippen molar-refractivity contribution in [3.05, 3.63) is 57.8 Å². The van der Waals surface area contributed by atoms with Gasteiger partial charge in [0.1, 0.15) is 10.4 Å². The summed E-state index contributed by atoms with van der Waals surface area (Å²) in [5, 5.41) is 0.706. The Morgan fingerprint density at radius 2 is 2.00 bits per heavy atom. The number of pyridine rings is 1. The number of halogens is 2. The van der Waals surface area contributed by atoms with Crippen molar-refractivity contribution in [2.75, 3.05) is 0 Å². The van der Waals surface area contributed by atoms with Crippen molar-refractivity contribution in [3.8, 4) is 11.4 Å². The molecule has 2 aromatic heterocycles. The number of fused-ring (bicyclic) bond motifs is 1. The molecule has 1 aromatic carbocycles. The first-order valence-electron chi connectivity index (χ1n) is 5.56. The van der Waals surface area contributed by atoms with E-state index in [1.807, 2.05) is 34.9 Å². The van der Waals surface area contributed by atoms with E-state index in [9.17, 15) is 0 Å². The molecule has 3 rings (SSSR count). The van der Waals surface area contributed by atoms with E-state index < -0.39 is 0 Å². The van der Waals surface area contributed by atoms with Gasteiger partial charge in [0.15, 0.2) is 0 Å². The van der Waals surface area contributed by atoms with E-state index in [1.165, 1.54) is 5.56 Å². The summed E-state index contributed by atoms with van der Waals surface area (Å²) in [6.45, 7) is 2.06. The lowest BCUT2D eigenvalue weighted by Crippen LogP contribution is -1.90. The average molecular weight is 322 g/mol. The van der Waals surface area contributed by atoms with Gasteiger partial charge in [0.2, 0.25) is 0 Å². The summed E-state index contributed by atoms with van der Waals surface area (Å²) in [4.78, 5) is 4.56. The van der Waals surface area contributed by atoms with E-state index in [0.717, 1.165) is 21.5 Å². The number of aryl methyl sites for hydroxylation is 1. The molecule has 0 unspecified atom stereocenters. The molecular weight excluding hydrogens is 312 g/mol. The topological polar surface area (TPSA) is 17.3 Å². The first kappa shape index (κ1) is 11.8. The normalized spacial score (nSPS) is 11.1. The van der Waals surface area contributed by atoms with Gasteiger partial charge in [0.25, 0.3) is 0 Å². The predicted octanol–water partition coefficient (Wildman–Crippen LogP) is 4.73. The molecule has 3 aromatic rings. The van der Waals surface area contributed by atoms with E-state index in [-0.39, 0.29) is 0 Å². The van der Waals surface area contributed by atoms with E-state index in [2.05, 4.69) is 40.0 Å². The molecule has 0 bridgehead atoms. The maximum atomic E-state index is 6.23. The third-order valence-electron chi connectivity index (χ3n) is 2.87. The van der Waals surface area contributed by atoms with Crippen LogP contribution in [0.4, 0.5) is 0 Å². The summed E-state index contributed by atoms with van der Waals surface area (Å²) in [6, 6.07) is 11.9. The number of imidazole rings is 1. The van der Waals surface area contributed by atoms with Crippen molar-refractivity contribution in [3.63, 3.8) is 0 Å². The van der Waals surface area contributed by atoms with Crippen LogP contribution in [-0.4, -0.2) is 9.38 Å². The Bertz CT molecular complexity index is 734. The van der Waals surface area contributed by atoms with Crippen molar-refractivity contribution in [2.24, 2.45) is 0 Å². The summed E-state index contributed by atoms with van der Waals surface area (Å²) in [5.74, 6) is 0.850. The molecule has 0 aliphatic rings. The lowest BCUT2D eigenvalue weighted by atomic mass is 10.2. The predicted molar refractivity (Wildman–Crippen MR) is 78.1 cm³/mol. The van der Waals surface area contributed by atoms with Crippen LogP contribution >= 0.6 is 27.5 Å². The third-order valence-corrected chi connectivity index (χ3v) is 3.78. The summed E-state index contributed by atoms with van der Waals surface area (Å²) in [6.07, 6.45) is 2.01. The summed E-state index contributed by atoms with van der Waals surface area (Å²) < 4.78 is 2.87. The number of nitrogens with zero attached hydrogens (tertiary/aromatic N) is 2. The van der Waals surface area contributed by atoms with Gasteiger partial charge in [-0.15, -0.1) is 0 Å². The molecule has 0 aliphatic carbocycles. The molecule has 0 fully saturated rings. The van der Waals surface area contributed by atoms with Gasteiger partial charge in [0, 0.05) is 11.8 Å². The van der Waals surface area contributed by atoms with E-state index in [0.29, 0.717) is 5.02 Å². The van der Waals surface area contributed by atoms with E-state index >= 15 is 0 Å². The first-order valence-corrected chi connectivity index (χ1v) is 6.73. The van der Waals surface area contributed by atoms with Crippen LogP contribution in [0.1, 0.15) is 5.56 Å². The van der Waals surface area contributed by atoms with Crippen molar-refractivity contribution in [1.29, 1.82) is 0 Å². The van der Waals surface area contributed by atoms with Crippen molar-refractivity contribution in [2.45, 2.75) is 6.92 Å². The standard InChI is InChI=1S/C14H10BrClN2/c1-9-6-7-18-12(8-9)13(15)17-14(18)10-4-2-3-5-11(10)16/h2-8H,1H3. The number of benzene rings is 1. The van der Waals surface area contributed by atoms with Crippen LogP contribution in [0.25, 0.3) is 16.9 Å². The molecule has 0 atom stereocenters. The molecule has 2 nitrogen and oxygen atoms in total. The van der Waals surface area contributed by atoms with Gasteiger partial charge in [-0.05, 0) is 52.7 Å². The Morgan fingerprint density at radius 3 is 2.78 bits per heavy atom. The molecule has 18 heavy (non-hydrogen) atoms. The monoisotopic (exact) mass is 320 g/mol. The fourth-order valence-corrected chi connectivity index (χ4v) is 2.68. The highest BCUT2D eigenvalue weighted by Gasteiger charge is 2.12. The van der Waals surface area contributed by atoms with Crippen LogP contribution in [0.3, 0.4) is 0 Å². The fourth-order valence-electron chi connectivity index (χ4n) is 1.99. The molecular formula is C14H10BrClN2. The Morgan fingerprint density at radius 1 is 1.22 bits per heavy atom. The van der Waals surface area contributed by atoms with Gasteiger partial charge < -0.3 is 0 Å². The Balaban J connectivity index is 2.34. The second-order valence-corrected chi connectivity index (χ2v) is 5.32. The molecule has 0 N–H and O–H groups in total. The summed E-state index contributed by atoms with van der Waals surface area (Å²) in [5.41, 5.74) is 3.18. The molecule has 0 saturated heterocycles. The highest BCUT2D eigenvalue weighted by Crippen LogP contribution is 2.30. The fraction of sp³-hybridized carbons (Fsp3) is 0.0714. The van der Waals surface area contributed by atoms with Crippen molar-refractivity contribution >= 4 is 33.0 Å². The number of aromatic nitrogens is 2. The molecule has 0 aliphatic heterocycles. The molecule has 90 valence electrons. The Kier molecular flexibility index (Phi) is 2.88. The minimum Gasteiger partial charge on any atom is -0.299 e. The largest absolute Gasteiger partial charge is 0.299 e. The lowest BCUT2D eigenvalue weighted by molar-refractivity contribution is 1.15. The molecule has 0 saturated carbocycles. The van der Waals surface area contributed by atoms with Crippen LogP contribution in [-0.2, 0) is 0 Å². The molecule has 0 radical (unpaired) electrons. The Hall–Kier alpha value is -1.32. The van der Waals surface area contributed by atoms with Crippen LogP contribution < -0.4 is 0 Å². The van der Waals surface area contributed by atoms with Crippen LogP contribution in [0.15, 0.2) is 47.2 Å². The minimum absolute atomic E-state index is 0.706. The zero-order chi connectivity index (χ0) is 12.7. The molecule has 4 heteroatoms. The average Bonchev–Trinajstić information content (AvgIpc) is 2.67. The van der Waals surface area contributed by atoms with Gasteiger partial charge in [-0.2, -0.15) is 0 Å². The van der Waals surface area contributed by atoms with Gasteiger partial charge in [0.05, 0.1) is 10.5 Å². The zero-order valence-corrected chi connectivity index (χ0v) is 12.0. The van der Waals surface area contributed by atoms with E-state index in [1.54, 1.807) is 0 Å². The SMILES string of the molecule is Cc1ccn2c(-c3ccccc3Cl)nc(Br)c2c1. The summed E-state index contributed by atoms with van der Waals surface area (Å²) >= 11 is 9.73. The van der Waals surface area contributed by atoms with Crippen LogP contribution in [0.2, 0.25) is 5.02 Å². The minimum atomic E-state index is 0.706. The van der Waals surface area contributed by atoms with Gasteiger partial charge >= 0.3 is 0 Å². The lowest BCUT2D eigenvalue weighted by Gasteiger charge is -2.03. The van der Waals surface area contributed by atoms with Gasteiger partial charge in [-0.3, -0.25) is 4.40 Å². The smallest absolute Gasteiger partial charge is 0.147 e.